The summed E-state index contributed by atoms with van der Waals surface area (Å²) in [4.78, 5) is 2.49. The summed E-state index contributed by atoms with van der Waals surface area (Å²) >= 11 is 1.79. The minimum absolute atomic E-state index is 0.346. The van der Waals surface area contributed by atoms with Crippen LogP contribution in [0.2, 0.25) is 0 Å². The molecule has 2 fully saturated rings. The summed E-state index contributed by atoms with van der Waals surface area (Å²) in [5, 5.41) is 10.4. The quantitative estimate of drug-likeness (QED) is 0.454. The number of nitrogens with zero attached hydrogens (tertiary/aromatic N) is 4. The second-order valence-electron chi connectivity index (χ2n) is 8.92. The molecule has 4 heterocycles. The van der Waals surface area contributed by atoms with Crippen LogP contribution >= 0.6 is 11.8 Å². The summed E-state index contributed by atoms with van der Waals surface area (Å²) in [6.07, 6.45) is 4.87. The van der Waals surface area contributed by atoms with E-state index in [1.54, 1.807) is 11.8 Å². The summed E-state index contributed by atoms with van der Waals surface area (Å²) in [7, 11) is 0. The average Bonchev–Trinajstić information content (AvgIpc) is 3.56. The Kier molecular flexibility index (Phi) is 6.95. The molecular formula is C25H32N4O2S. The number of likely N-dealkylation sites (tertiary alicyclic amines) is 1. The van der Waals surface area contributed by atoms with Gasteiger partial charge in [-0.3, -0.25) is 4.90 Å². The highest BCUT2D eigenvalue weighted by atomic mass is 32.2. The monoisotopic (exact) mass is 452 g/mol. The molecule has 0 N–H and O–H groups in total. The molecule has 6 nitrogen and oxygen atoms in total. The van der Waals surface area contributed by atoms with Crippen LogP contribution < -0.4 is 0 Å². The van der Waals surface area contributed by atoms with Crippen molar-refractivity contribution in [2.45, 2.75) is 62.9 Å². The lowest BCUT2D eigenvalue weighted by Gasteiger charge is -2.31. The Morgan fingerprint density at radius 2 is 1.84 bits per heavy atom. The van der Waals surface area contributed by atoms with Gasteiger partial charge in [0, 0.05) is 18.3 Å². The second-order valence-corrected chi connectivity index (χ2v) is 9.91. The van der Waals surface area contributed by atoms with Crippen molar-refractivity contribution in [3.63, 3.8) is 0 Å². The summed E-state index contributed by atoms with van der Waals surface area (Å²) in [6, 6.07) is 14.8. The van der Waals surface area contributed by atoms with E-state index < -0.39 is 0 Å². The van der Waals surface area contributed by atoms with Gasteiger partial charge in [0.1, 0.15) is 17.3 Å². The topological polar surface area (TPSA) is 56.3 Å². The molecule has 1 aromatic carbocycles. The SMILES string of the molecule is Cc1ccc(CN2CCC(c3nnc(SC[C@H]4CCCO4)n3Cc3ccccc3)CC2)o1. The lowest BCUT2D eigenvalue weighted by molar-refractivity contribution is 0.129. The van der Waals surface area contributed by atoms with Gasteiger partial charge in [-0.2, -0.15) is 0 Å². The van der Waals surface area contributed by atoms with Gasteiger partial charge in [-0.05, 0) is 63.4 Å². The molecule has 0 saturated carbocycles. The van der Waals surface area contributed by atoms with Gasteiger partial charge >= 0.3 is 0 Å². The van der Waals surface area contributed by atoms with Gasteiger partial charge in [-0.15, -0.1) is 10.2 Å². The van der Waals surface area contributed by atoms with Crippen LogP contribution in [0.3, 0.4) is 0 Å². The van der Waals surface area contributed by atoms with Crippen LogP contribution in [0.25, 0.3) is 0 Å². The fourth-order valence-electron chi connectivity index (χ4n) is 4.71. The van der Waals surface area contributed by atoms with E-state index in [0.29, 0.717) is 12.0 Å². The molecule has 7 heteroatoms. The highest BCUT2D eigenvalue weighted by Gasteiger charge is 2.27. The zero-order valence-electron chi connectivity index (χ0n) is 18.8. The predicted molar refractivity (Wildman–Crippen MR) is 126 cm³/mol. The predicted octanol–water partition coefficient (Wildman–Crippen LogP) is 4.88. The van der Waals surface area contributed by atoms with Crippen molar-refractivity contribution in [1.29, 1.82) is 0 Å². The van der Waals surface area contributed by atoms with Crippen molar-refractivity contribution in [3.05, 3.63) is 65.4 Å². The van der Waals surface area contributed by atoms with E-state index in [-0.39, 0.29) is 0 Å². The standard InChI is InChI=1S/C25H32N4O2S/c1-19-9-10-22(31-19)17-28-13-11-21(12-14-28)24-26-27-25(32-18-23-8-5-15-30-23)29(24)16-20-6-3-2-4-7-20/h2-4,6-7,9-10,21,23H,5,8,11-18H2,1H3/t23-/m1/s1. The van der Waals surface area contributed by atoms with Gasteiger partial charge in [0.2, 0.25) is 0 Å². The van der Waals surface area contributed by atoms with Gasteiger partial charge in [-0.25, -0.2) is 0 Å². The molecule has 2 aliphatic rings. The van der Waals surface area contributed by atoms with E-state index in [9.17, 15) is 0 Å². The molecule has 2 aromatic heterocycles. The van der Waals surface area contributed by atoms with Crippen LogP contribution in [0.4, 0.5) is 0 Å². The third kappa shape index (κ3) is 5.27. The molecule has 3 aromatic rings. The summed E-state index contributed by atoms with van der Waals surface area (Å²) in [5.74, 6) is 4.57. The van der Waals surface area contributed by atoms with Crippen LogP contribution in [-0.4, -0.2) is 51.2 Å². The smallest absolute Gasteiger partial charge is 0.191 e. The zero-order valence-corrected chi connectivity index (χ0v) is 19.6. The van der Waals surface area contributed by atoms with Gasteiger partial charge in [0.05, 0.1) is 19.2 Å². The van der Waals surface area contributed by atoms with E-state index >= 15 is 0 Å². The summed E-state index contributed by atoms with van der Waals surface area (Å²) in [6.45, 7) is 6.72. The Balaban J connectivity index is 1.28. The number of hydrogen-bond donors (Lipinski definition) is 0. The van der Waals surface area contributed by atoms with Crippen molar-refractivity contribution in [1.82, 2.24) is 19.7 Å². The molecule has 0 amide bonds. The number of benzene rings is 1. The third-order valence-electron chi connectivity index (χ3n) is 6.48. The van der Waals surface area contributed by atoms with Crippen LogP contribution in [0.15, 0.2) is 52.0 Å². The first-order chi connectivity index (χ1) is 15.7. The maximum absolute atomic E-state index is 5.83. The normalized spacial score (nSPS) is 20.2. The Morgan fingerprint density at radius 1 is 1.00 bits per heavy atom. The van der Waals surface area contributed by atoms with Gasteiger partial charge in [0.25, 0.3) is 0 Å². The molecule has 170 valence electrons. The molecule has 0 spiro atoms. The number of thioether (sulfide) groups is 1. The number of rotatable bonds is 8. The zero-order chi connectivity index (χ0) is 21.8. The average molecular weight is 453 g/mol. The number of furan rings is 1. The van der Waals surface area contributed by atoms with Crippen LogP contribution in [0.1, 0.15) is 54.5 Å². The molecule has 0 aliphatic carbocycles. The molecule has 5 rings (SSSR count). The molecular weight excluding hydrogens is 420 g/mol. The lowest BCUT2D eigenvalue weighted by Crippen LogP contribution is -2.33. The first-order valence-corrected chi connectivity index (χ1v) is 12.7. The minimum atomic E-state index is 0.346. The maximum Gasteiger partial charge on any atom is 0.191 e. The van der Waals surface area contributed by atoms with Crippen LogP contribution in [-0.2, 0) is 17.8 Å². The first kappa shape index (κ1) is 21.7. The Morgan fingerprint density at radius 3 is 2.56 bits per heavy atom. The number of aromatic nitrogens is 3. The van der Waals surface area contributed by atoms with Gasteiger partial charge in [0.15, 0.2) is 5.16 Å². The Hall–Kier alpha value is -2.09. The Labute approximate surface area is 194 Å². The number of aryl methyl sites for hydroxylation is 1. The third-order valence-corrected chi connectivity index (χ3v) is 7.58. The second kappa shape index (κ2) is 10.2. The van der Waals surface area contributed by atoms with Crippen molar-refractivity contribution in [2.75, 3.05) is 25.4 Å². The summed E-state index contributed by atoms with van der Waals surface area (Å²) in [5.41, 5.74) is 1.29. The number of ether oxygens (including phenoxy) is 1. The van der Waals surface area contributed by atoms with E-state index in [1.807, 2.05) is 13.0 Å². The summed E-state index contributed by atoms with van der Waals surface area (Å²) < 4.78 is 14.0. The van der Waals surface area contributed by atoms with Gasteiger partial charge in [-0.1, -0.05) is 42.1 Å². The number of piperidine rings is 1. The molecule has 0 radical (unpaired) electrons. The number of hydrogen-bond acceptors (Lipinski definition) is 6. The Bertz CT molecular complexity index is 989. The van der Waals surface area contributed by atoms with Crippen LogP contribution in [0, 0.1) is 6.92 Å². The van der Waals surface area contributed by atoms with Crippen LogP contribution in [0.5, 0.6) is 0 Å². The van der Waals surface area contributed by atoms with E-state index in [0.717, 1.165) is 80.3 Å². The van der Waals surface area contributed by atoms with Crippen molar-refractivity contribution in [2.24, 2.45) is 0 Å². The largest absolute Gasteiger partial charge is 0.465 e. The minimum Gasteiger partial charge on any atom is -0.465 e. The van der Waals surface area contributed by atoms with Crippen molar-refractivity contribution >= 4 is 11.8 Å². The molecule has 0 unspecified atom stereocenters. The highest BCUT2D eigenvalue weighted by molar-refractivity contribution is 7.99. The fourth-order valence-corrected chi connectivity index (χ4v) is 5.72. The van der Waals surface area contributed by atoms with Gasteiger partial charge < -0.3 is 13.7 Å². The van der Waals surface area contributed by atoms with Crippen molar-refractivity contribution < 1.29 is 9.15 Å². The molecule has 2 aliphatic heterocycles. The van der Waals surface area contributed by atoms with E-state index in [1.165, 1.54) is 12.0 Å². The first-order valence-electron chi connectivity index (χ1n) is 11.7. The molecule has 32 heavy (non-hydrogen) atoms. The molecule has 0 bridgehead atoms. The van der Waals surface area contributed by atoms with Crippen molar-refractivity contribution in [3.8, 4) is 0 Å². The lowest BCUT2D eigenvalue weighted by atomic mass is 9.95. The molecule has 1 atom stereocenters. The van der Waals surface area contributed by atoms with E-state index in [2.05, 4.69) is 51.0 Å². The van der Waals surface area contributed by atoms with E-state index in [4.69, 9.17) is 14.3 Å². The maximum atomic E-state index is 5.83. The molecule has 2 saturated heterocycles. The highest BCUT2D eigenvalue weighted by Crippen LogP contribution is 2.31. The fraction of sp³-hybridized carbons (Fsp3) is 0.520.